The fourth-order valence-corrected chi connectivity index (χ4v) is 6.37. The van der Waals surface area contributed by atoms with Gasteiger partial charge in [-0.15, -0.1) is 0 Å². The Balaban J connectivity index is 1.65. The summed E-state index contributed by atoms with van der Waals surface area (Å²) in [6.07, 6.45) is 11.4. The van der Waals surface area contributed by atoms with Crippen molar-refractivity contribution in [2.24, 2.45) is 23.2 Å². The van der Waals surface area contributed by atoms with Crippen LogP contribution in [0.4, 0.5) is 0 Å². The van der Waals surface area contributed by atoms with Gasteiger partial charge in [-0.3, -0.25) is 4.79 Å². The Hall–Kier alpha value is -0.530. The summed E-state index contributed by atoms with van der Waals surface area (Å²) in [6, 6.07) is 0.600. The molecule has 0 spiro atoms. The van der Waals surface area contributed by atoms with E-state index in [1.807, 2.05) is 0 Å². The standard InChI is InChI=1S/C16H25NO/c1-11(18)17-4-2-3-15(17)16-8-12-5-13(9-16)7-14(6-12)10-16/h12-15H,2-10H2,1H3. The van der Waals surface area contributed by atoms with Gasteiger partial charge in [0.05, 0.1) is 0 Å². The minimum atomic E-state index is 0.327. The van der Waals surface area contributed by atoms with Gasteiger partial charge >= 0.3 is 0 Å². The highest BCUT2D eigenvalue weighted by Crippen LogP contribution is 2.63. The van der Waals surface area contributed by atoms with Gasteiger partial charge in [0.15, 0.2) is 0 Å². The second kappa shape index (κ2) is 3.74. The molecule has 5 aliphatic rings. The first-order chi connectivity index (χ1) is 8.66. The predicted octanol–water partition coefficient (Wildman–Crippen LogP) is 3.21. The van der Waals surface area contributed by atoms with Gasteiger partial charge in [-0.2, -0.15) is 0 Å². The zero-order valence-electron chi connectivity index (χ0n) is 11.5. The molecule has 18 heavy (non-hydrogen) atoms. The average molecular weight is 247 g/mol. The van der Waals surface area contributed by atoms with Crippen LogP contribution < -0.4 is 0 Å². The molecule has 0 aromatic rings. The zero-order chi connectivity index (χ0) is 12.3. The third kappa shape index (κ3) is 1.50. The third-order valence-corrected chi connectivity index (χ3v) is 6.45. The van der Waals surface area contributed by atoms with Crippen LogP contribution in [0.15, 0.2) is 0 Å². The van der Waals surface area contributed by atoms with E-state index in [9.17, 15) is 4.79 Å². The molecule has 2 heteroatoms. The number of hydrogen-bond acceptors (Lipinski definition) is 1. The van der Waals surface area contributed by atoms with Crippen molar-refractivity contribution in [3.05, 3.63) is 0 Å². The van der Waals surface area contributed by atoms with Gasteiger partial charge in [0.25, 0.3) is 0 Å². The molecule has 1 aliphatic heterocycles. The van der Waals surface area contributed by atoms with E-state index in [-0.39, 0.29) is 0 Å². The van der Waals surface area contributed by atoms with Crippen LogP contribution in [0.5, 0.6) is 0 Å². The Labute approximate surface area is 110 Å². The van der Waals surface area contributed by atoms with Crippen LogP contribution in [0.1, 0.15) is 58.3 Å². The van der Waals surface area contributed by atoms with E-state index in [2.05, 4.69) is 4.90 Å². The van der Waals surface area contributed by atoms with Crippen molar-refractivity contribution in [1.29, 1.82) is 0 Å². The van der Waals surface area contributed by atoms with E-state index >= 15 is 0 Å². The maximum absolute atomic E-state index is 11.9. The van der Waals surface area contributed by atoms with E-state index in [0.717, 1.165) is 24.3 Å². The second-order valence-corrected chi connectivity index (χ2v) is 7.65. The first-order valence-electron chi connectivity index (χ1n) is 7.93. The van der Waals surface area contributed by atoms with Crippen LogP contribution in [-0.4, -0.2) is 23.4 Å². The number of carbonyl (C=O) groups is 1. The van der Waals surface area contributed by atoms with E-state index in [1.54, 1.807) is 6.92 Å². The maximum atomic E-state index is 11.9. The van der Waals surface area contributed by atoms with Crippen molar-refractivity contribution in [3.8, 4) is 0 Å². The lowest BCUT2D eigenvalue weighted by molar-refractivity contribution is -0.140. The number of nitrogens with zero attached hydrogens (tertiary/aromatic N) is 1. The molecule has 4 aliphatic carbocycles. The lowest BCUT2D eigenvalue weighted by Gasteiger charge is -2.60. The van der Waals surface area contributed by atoms with Crippen molar-refractivity contribution in [2.75, 3.05) is 6.54 Å². The topological polar surface area (TPSA) is 20.3 Å². The Bertz CT molecular complexity index is 340. The lowest BCUT2D eigenvalue weighted by Crippen LogP contribution is -2.55. The van der Waals surface area contributed by atoms with E-state index in [4.69, 9.17) is 0 Å². The monoisotopic (exact) mass is 247 g/mol. The molecule has 0 radical (unpaired) electrons. The lowest BCUT2D eigenvalue weighted by atomic mass is 9.47. The summed E-state index contributed by atoms with van der Waals surface area (Å²) in [5.74, 6) is 3.34. The highest BCUT2D eigenvalue weighted by Gasteiger charge is 2.56. The molecule has 5 rings (SSSR count). The predicted molar refractivity (Wildman–Crippen MR) is 71.0 cm³/mol. The molecule has 0 N–H and O–H groups in total. The van der Waals surface area contributed by atoms with Crippen molar-refractivity contribution < 1.29 is 4.79 Å². The Morgan fingerprint density at radius 2 is 1.61 bits per heavy atom. The molecular weight excluding hydrogens is 222 g/mol. The SMILES string of the molecule is CC(=O)N1CCCC1C12CC3CC(CC(C3)C1)C2. The van der Waals surface area contributed by atoms with Crippen LogP contribution in [0.2, 0.25) is 0 Å². The van der Waals surface area contributed by atoms with Gasteiger partial charge in [-0.25, -0.2) is 0 Å². The zero-order valence-corrected chi connectivity index (χ0v) is 11.5. The highest BCUT2D eigenvalue weighted by atomic mass is 16.2. The summed E-state index contributed by atoms with van der Waals surface area (Å²) < 4.78 is 0. The molecule has 5 fully saturated rings. The van der Waals surface area contributed by atoms with Crippen LogP contribution in [0.25, 0.3) is 0 Å². The first-order valence-corrected chi connectivity index (χ1v) is 7.93. The average Bonchev–Trinajstić information content (AvgIpc) is 2.76. The Kier molecular flexibility index (Phi) is 2.35. The number of likely N-dealkylation sites (tertiary alicyclic amines) is 1. The molecule has 1 unspecified atom stereocenters. The van der Waals surface area contributed by atoms with Gasteiger partial charge in [-0.1, -0.05) is 0 Å². The molecular formula is C16H25NO. The van der Waals surface area contributed by atoms with E-state index < -0.39 is 0 Å². The number of rotatable bonds is 1. The fraction of sp³-hybridized carbons (Fsp3) is 0.938. The van der Waals surface area contributed by atoms with Crippen LogP contribution in [0.3, 0.4) is 0 Å². The van der Waals surface area contributed by atoms with Gasteiger partial charge in [0.2, 0.25) is 5.91 Å². The van der Waals surface area contributed by atoms with Gasteiger partial charge in [0, 0.05) is 19.5 Å². The van der Waals surface area contributed by atoms with E-state index in [0.29, 0.717) is 17.4 Å². The number of carbonyl (C=O) groups excluding carboxylic acids is 1. The summed E-state index contributed by atoms with van der Waals surface area (Å²) in [7, 11) is 0. The molecule has 4 saturated carbocycles. The Morgan fingerprint density at radius 3 is 2.11 bits per heavy atom. The summed E-state index contributed by atoms with van der Waals surface area (Å²) in [6.45, 7) is 2.81. The molecule has 0 aromatic heterocycles. The summed E-state index contributed by atoms with van der Waals surface area (Å²) in [5, 5.41) is 0. The van der Waals surface area contributed by atoms with Gasteiger partial charge in [0.1, 0.15) is 0 Å². The summed E-state index contributed by atoms with van der Waals surface area (Å²) >= 11 is 0. The molecule has 2 nitrogen and oxygen atoms in total. The van der Waals surface area contributed by atoms with Crippen molar-refractivity contribution in [3.63, 3.8) is 0 Å². The fourth-order valence-electron chi connectivity index (χ4n) is 6.37. The van der Waals surface area contributed by atoms with Crippen molar-refractivity contribution in [1.82, 2.24) is 4.90 Å². The Morgan fingerprint density at radius 1 is 1.06 bits per heavy atom. The first kappa shape index (κ1) is 11.3. The van der Waals surface area contributed by atoms with E-state index in [1.165, 1.54) is 51.4 Å². The third-order valence-electron chi connectivity index (χ3n) is 6.45. The number of amides is 1. The molecule has 1 heterocycles. The van der Waals surface area contributed by atoms with Crippen molar-refractivity contribution in [2.45, 2.75) is 64.3 Å². The second-order valence-electron chi connectivity index (χ2n) is 7.65. The normalized spacial score (nSPS) is 49.9. The molecule has 4 bridgehead atoms. The molecule has 1 saturated heterocycles. The van der Waals surface area contributed by atoms with Crippen LogP contribution in [-0.2, 0) is 4.79 Å². The maximum Gasteiger partial charge on any atom is 0.219 e. The van der Waals surface area contributed by atoms with Crippen LogP contribution in [0, 0.1) is 23.2 Å². The minimum absolute atomic E-state index is 0.327. The molecule has 0 aromatic carbocycles. The number of hydrogen-bond donors (Lipinski definition) is 0. The molecule has 1 amide bonds. The quantitative estimate of drug-likeness (QED) is 0.696. The van der Waals surface area contributed by atoms with Crippen molar-refractivity contribution >= 4 is 5.91 Å². The van der Waals surface area contributed by atoms with Crippen LogP contribution >= 0.6 is 0 Å². The summed E-state index contributed by atoms with van der Waals surface area (Å²) in [4.78, 5) is 14.1. The van der Waals surface area contributed by atoms with Gasteiger partial charge in [-0.05, 0) is 74.5 Å². The minimum Gasteiger partial charge on any atom is -0.339 e. The molecule has 1 atom stereocenters. The molecule has 100 valence electrons. The largest absolute Gasteiger partial charge is 0.339 e. The van der Waals surface area contributed by atoms with Gasteiger partial charge < -0.3 is 4.90 Å². The highest BCUT2D eigenvalue weighted by molar-refractivity contribution is 5.74. The smallest absolute Gasteiger partial charge is 0.219 e. The summed E-state index contributed by atoms with van der Waals surface area (Å²) in [5.41, 5.74) is 0.539.